The van der Waals surface area contributed by atoms with Crippen LogP contribution in [0.1, 0.15) is 82.7 Å². The molecule has 3 aromatic rings. The van der Waals surface area contributed by atoms with Crippen LogP contribution in [0.25, 0.3) is 22.4 Å². The van der Waals surface area contributed by atoms with Crippen molar-refractivity contribution in [2.75, 3.05) is 0 Å². The Hall–Kier alpha value is -2.23. The lowest BCUT2D eigenvalue weighted by molar-refractivity contribution is 0.545. The third-order valence-corrected chi connectivity index (χ3v) is 5.60. The van der Waals surface area contributed by atoms with Gasteiger partial charge in [-0.15, -0.1) is 0 Å². The summed E-state index contributed by atoms with van der Waals surface area (Å²) in [5.74, 6) is 3.26. The molecule has 2 heterocycles. The minimum atomic E-state index is -0.0352. The molecule has 2 bridgehead atoms. The molecule has 2 atom stereocenters. The third kappa shape index (κ3) is 2.72. The SMILES string of the molecule is CC.CC(C)(C)c1ncc(-c2nc3cc4c(cc3[nH]2)C2CCC4C2)cn1. The molecule has 2 unspecified atom stereocenters. The molecule has 5 rings (SSSR count). The standard InChI is InChI=1S/C20H22N4.C2H6/c1-20(2,3)19-21-9-13(10-22-19)18-23-16-7-14-11-4-5-12(6-11)15(14)8-17(16)24-18;1-2/h7-12H,4-6H2,1-3H3,(H,23,24);1-2H3. The van der Waals surface area contributed by atoms with Gasteiger partial charge in [0.15, 0.2) is 0 Å². The van der Waals surface area contributed by atoms with Crippen molar-refractivity contribution in [2.45, 2.75) is 71.1 Å². The quantitative estimate of drug-likeness (QED) is 0.613. The first-order valence-electron chi connectivity index (χ1n) is 9.85. The average molecular weight is 348 g/mol. The molecular formula is C22H28N4. The van der Waals surface area contributed by atoms with E-state index in [0.29, 0.717) is 0 Å². The van der Waals surface area contributed by atoms with E-state index in [0.717, 1.165) is 40.1 Å². The molecule has 1 fully saturated rings. The number of aromatic amines is 1. The van der Waals surface area contributed by atoms with Crippen LogP contribution in [0.4, 0.5) is 0 Å². The first-order chi connectivity index (χ1) is 12.5. The van der Waals surface area contributed by atoms with Crippen molar-refractivity contribution < 1.29 is 0 Å². The predicted molar refractivity (Wildman–Crippen MR) is 107 cm³/mol. The van der Waals surface area contributed by atoms with Crippen molar-refractivity contribution in [3.63, 3.8) is 0 Å². The maximum Gasteiger partial charge on any atom is 0.141 e. The van der Waals surface area contributed by atoms with E-state index >= 15 is 0 Å². The summed E-state index contributed by atoms with van der Waals surface area (Å²) in [6.07, 6.45) is 7.80. The van der Waals surface area contributed by atoms with Gasteiger partial charge < -0.3 is 4.98 Å². The number of imidazole rings is 1. The van der Waals surface area contributed by atoms with E-state index in [1.165, 1.54) is 24.8 Å². The largest absolute Gasteiger partial charge is 0.338 e. The van der Waals surface area contributed by atoms with Gasteiger partial charge in [-0.05, 0) is 54.4 Å². The molecule has 0 spiro atoms. The smallest absolute Gasteiger partial charge is 0.141 e. The normalized spacial score (nSPS) is 20.8. The number of rotatable bonds is 1. The van der Waals surface area contributed by atoms with E-state index in [1.54, 1.807) is 5.56 Å². The lowest BCUT2D eigenvalue weighted by atomic mass is 9.91. The number of H-pyrrole nitrogens is 1. The summed E-state index contributed by atoms with van der Waals surface area (Å²) in [6.45, 7) is 10.4. The topological polar surface area (TPSA) is 54.5 Å². The molecule has 26 heavy (non-hydrogen) atoms. The van der Waals surface area contributed by atoms with Gasteiger partial charge in [-0.2, -0.15) is 0 Å². The van der Waals surface area contributed by atoms with Crippen molar-refractivity contribution in [1.82, 2.24) is 19.9 Å². The zero-order chi connectivity index (χ0) is 18.5. The molecular weight excluding hydrogens is 320 g/mol. The van der Waals surface area contributed by atoms with Crippen LogP contribution in [0.3, 0.4) is 0 Å². The summed E-state index contributed by atoms with van der Waals surface area (Å²) >= 11 is 0. The van der Waals surface area contributed by atoms with Crippen LogP contribution in [0, 0.1) is 0 Å². The highest BCUT2D eigenvalue weighted by Gasteiger charge is 2.37. The number of nitrogens with one attached hydrogen (secondary N) is 1. The second-order valence-electron chi connectivity index (χ2n) is 8.34. The zero-order valence-corrected chi connectivity index (χ0v) is 16.4. The lowest BCUT2D eigenvalue weighted by Gasteiger charge is -2.15. The van der Waals surface area contributed by atoms with Crippen LogP contribution in [-0.2, 0) is 5.41 Å². The Balaban J connectivity index is 0.000000814. The van der Waals surface area contributed by atoms with Gasteiger partial charge in [-0.25, -0.2) is 15.0 Å². The Bertz CT molecular complexity index is 884. The van der Waals surface area contributed by atoms with E-state index in [2.05, 4.69) is 47.9 Å². The second-order valence-corrected chi connectivity index (χ2v) is 8.34. The number of hydrogen-bond donors (Lipinski definition) is 1. The Morgan fingerprint density at radius 3 is 2.19 bits per heavy atom. The molecule has 0 saturated heterocycles. The van der Waals surface area contributed by atoms with E-state index in [4.69, 9.17) is 4.98 Å². The van der Waals surface area contributed by atoms with Gasteiger partial charge in [0.25, 0.3) is 0 Å². The molecule has 2 aliphatic carbocycles. The fourth-order valence-corrected chi connectivity index (χ4v) is 4.32. The Labute approximate surface area is 155 Å². The van der Waals surface area contributed by atoms with E-state index in [9.17, 15) is 0 Å². The number of hydrogen-bond acceptors (Lipinski definition) is 3. The monoisotopic (exact) mass is 348 g/mol. The average Bonchev–Trinajstić information content (AvgIpc) is 3.35. The second kappa shape index (κ2) is 6.19. The number of benzene rings is 1. The summed E-state index contributed by atoms with van der Waals surface area (Å²) < 4.78 is 0. The highest BCUT2D eigenvalue weighted by atomic mass is 14.9. The summed E-state index contributed by atoms with van der Waals surface area (Å²) in [5.41, 5.74) is 6.20. The van der Waals surface area contributed by atoms with Crippen molar-refractivity contribution >= 4 is 11.0 Å². The van der Waals surface area contributed by atoms with Crippen LogP contribution in [0.15, 0.2) is 24.5 Å². The van der Waals surface area contributed by atoms with Crippen LogP contribution in [-0.4, -0.2) is 19.9 Å². The summed E-state index contributed by atoms with van der Waals surface area (Å²) in [5, 5.41) is 0. The Kier molecular flexibility index (Phi) is 4.09. The molecule has 1 saturated carbocycles. The van der Waals surface area contributed by atoms with Gasteiger partial charge >= 0.3 is 0 Å². The van der Waals surface area contributed by atoms with Crippen molar-refractivity contribution in [3.05, 3.63) is 41.5 Å². The summed E-state index contributed by atoms with van der Waals surface area (Å²) in [6, 6.07) is 4.63. The molecule has 1 aromatic carbocycles. The summed E-state index contributed by atoms with van der Waals surface area (Å²) in [7, 11) is 0. The first-order valence-corrected chi connectivity index (χ1v) is 9.85. The van der Waals surface area contributed by atoms with Gasteiger partial charge in [0.05, 0.1) is 16.6 Å². The molecule has 0 amide bonds. The van der Waals surface area contributed by atoms with Gasteiger partial charge in [-0.1, -0.05) is 34.6 Å². The highest BCUT2D eigenvalue weighted by molar-refractivity contribution is 5.81. The van der Waals surface area contributed by atoms with Crippen LogP contribution < -0.4 is 0 Å². The third-order valence-electron chi connectivity index (χ3n) is 5.60. The number of fused-ring (bicyclic) bond motifs is 6. The van der Waals surface area contributed by atoms with Gasteiger partial charge in [-0.3, -0.25) is 0 Å². The van der Waals surface area contributed by atoms with Gasteiger partial charge in [0.2, 0.25) is 0 Å². The molecule has 2 aromatic heterocycles. The molecule has 0 radical (unpaired) electrons. The fourth-order valence-electron chi connectivity index (χ4n) is 4.32. The van der Waals surface area contributed by atoms with Gasteiger partial charge in [0.1, 0.15) is 11.6 Å². The van der Waals surface area contributed by atoms with Crippen LogP contribution >= 0.6 is 0 Å². The lowest BCUT2D eigenvalue weighted by Crippen LogP contribution is -2.15. The molecule has 136 valence electrons. The zero-order valence-electron chi connectivity index (χ0n) is 16.4. The van der Waals surface area contributed by atoms with Crippen molar-refractivity contribution in [1.29, 1.82) is 0 Å². The molecule has 1 N–H and O–H groups in total. The molecule has 4 heteroatoms. The van der Waals surface area contributed by atoms with Crippen LogP contribution in [0.5, 0.6) is 0 Å². The van der Waals surface area contributed by atoms with Crippen molar-refractivity contribution in [3.8, 4) is 11.4 Å². The van der Waals surface area contributed by atoms with E-state index < -0.39 is 0 Å². The maximum absolute atomic E-state index is 4.80. The minimum absolute atomic E-state index is 0.0352. The predicted octanol–water partition coefficient (Wildman–Crippen LogP) is 5.71. The van der Waals surface area contributed by atoms with Crippen molar-refractivity contribution in [2.24, 2.45) is 0 Å². The maximum atomic E-state index is 4.80. The van der Waals surface area contributed by atoms with Crippen LogP contribution in [0.2, 0.25) is 0 Å². The molecule has 0 aliphatic heterocycles. The van der Waals surface area contributed by atoms with E-state index in [-0.39, 0.29) is 5.41 Å². The Morgan fingerprint density at radius 1 is 0.962 bits per heavy atom. The van der Waals surface area contributed by atoms with Gasteiger partial charge in [0, 0.05) is 17.8 Å². The highest BCUT2D eigenvalue weighted by Crippen LogP contribution is 2.53. The number of aromatic nitrogens is 4. The minimum Gasteiger partial charge on any atom is -0.338 e. The molecule has 4 nitrogen and oxygen atoms in total. The molecule has 2 aliphatic rings. The Morgan fingerprint density at radius 2 is 1.58 bits per heavy atom. The fraction of sp³-hybridized carbons (Fsp3) is 0.500. The number of nitrogens with zero attached hydrogens (tertiary/aromatic N) is 3. The summed E-state index contributed by atoms with van der Waals surface area (Å²) in [4.78, 5) is 17.3. The first kappa shape index (κ1) is 17.2. The van der Waals surface area contributed by atoms with E-state index in [1.807, 2.05) is 26.2 Å².